The Bertz CT molecular complexity index is 767. The number of rotatable bonds is 6. The van der Waals surface area contributed by atoms with Gasteiger partial charge in [-0.05, 0) is 50.3 Å². The maximum Gasteiger partial charge on any atom is 0.208 e. The van der Waals surface area contributed by atoms with Gasteiger partial charge in [0.15, 0.2) is 0 Å². The lowest BCUT2D eigenvalue weighted by molar-refractivity contribution is 0.0215. The van der Waals surface area contributed by atoms with E-state index in [9.17, 15) is 8.42 Å². The number of sulfonamides is 1. The summed E-state index contributed by atoms with van der Waals surface area (Å²) in [5.74, 6) is 0.710. The molecule has 1 aromatic rings. The second-order valence-electron chi connectivity index (χ2n) is 9.33. The number of benzene rings is 1. The van der Waals surface area contributed by atoms with E-state index in [1.807, 2.05) is 0 Å². The Morgan fingerprint density at radius 2 is 1.79 bits per heavy atom. The number of hydrogen-bond donors (Lipinski definition) is 1. The number of ether oxygens (including phenoxy) is 1. The fourth-order valence-electron chi connectivity index (χ4n) is 5.52. The van der Waals surface area contributed by atoms with Gasteiger partial charge in [-0.15, -0.1) is 0 Å². The minimum absolute atomic E-state index is 0.00127. The van der Waals surface area contributed by atoms with Gasteiger partial charge in [-0.1, -0.05) is 30.3 Å². The van der Waals surface area contributed by atoms with Crippen LogP contribution >= 0.6 is 0 Å². The van der Waals surface area contributed by atoms with Gasteiger partial charge in [0.1, 0.15) is 0 Å². The molecule has 7 heteroatoms. The van der Waals surface area contributed by atoms with Gasteiger partial charge < -0.3 is 9.64 Å². The predicted molar refractivity (Wildman–Crippen MR) is 115 cm³/mol. The highest BCUT2D eigenvalue weighted by Crippen LogP contribution is 2.40. The van der Waals surface area contributed by atoms with Crippen molar-refractivity contribution in [2.75, 3.05) is 52.2 Å². The normalized spacial score (nSPS) is 30.2. The van der Waals surface area contributed by atoms with Gasteiger partial charge in [0.2, 0.25) is 10.0 Å². The van der Waals surface area contributed by atoms with E-state index in [2.05, 4.69) is 44.9 Å². The quantitative estimate of drug-likeness (QED) is 0.761. The first-order valence-corrected chi connectivity index (χ1v) is 12.8. The van der Waals surface area contributed by atoms with Crippen LogP contribution in [0.3, 0.4) is 0 Å². The summed E-state index contributed by atoms with van der Waals surface area (Å²) in [5, 5.41) is 0. The molecule has 0 bridgehead atoms. The van der Waals surface area contributed by atoms with E-state index in [0.29, 0.717) is 5.92 Å². The number of likely N-dealkylation sites (tertiary alicyclic amines) is 2. The van der Waals surface area contributed by atoms with E-state index in [1.54, 1.807) is 0 Å². The van der Waals surface area contributed by atoms with E-state index in [-0.39, 0.29) is 11.5 Å². The summed E-state index contributed by atoms with van der Waals surface area (Å²) < 4.78 is 32.6. The first-order valence-electron chi connectivity index (χ1n) is 11.0. The van der Waals surface area contributed by atoms with E-state index in [0.717, 1.165) is 78.2 Å². The minimum atomic E-state index is -3.21. The van der Waals surface area contributed by atoms with Crippen molar-refractivity contribution in [3.05, 3.63) is 35.9 Å². The molecule has 1 spiro atoms. The van der Waals surface area contributed by atoms with Crippen molar-refractivity contribution in [3.8, 4) is 0 Å². The van der Waals surface area contributed by atoms with Crippen molar-refractivity contribution in [1.29, 1.82) is 0 Å². The lowest BCUT2D eigenvalue weighted by Gasteiger charge is -2.47. The highest BCUT2D eigenvalue weighted by molar-refractivity contribution is 7.88. The van der Waals surface area contributed by atoms with Crippen molar-refractivity contribution in [2.24, 2.45) is 11.3 Å². The highest BCUT2D eigenvalue weighted by atomic mass is 32.2. The average Bonchev–Trinajstić information content (AvgIpc) is 3.08. The smallest absolute Gasteiger partial charge is 0.208 e. The van der Waals surface area contributed by atoms with Crippen LogP contribution < -0.4 is 4.72 Å². The molecular formula is C22H35N3O3S. The lowest BCUT2D eigenvalue weighted by atomic mass is 9.75. The summed E-state index contributed by atoms with van der Waals surface area (Å²) in [5.41, 5.74) is 1.33. The number of piperidine rings is 1. The van der Waals surface area contributed by atoms with Crippen molar-refractivity contribution in [1.82, 2.24) is 14.5 Å². The number of nitrogens with zero attached hydrogens (tertiary/aromatic N) is 2. The standard InChI is InChI=1S/C22H35N3O3S/c1-29(26,27)23-21-7-11-24(16-20-8-13-28-14-9-20)17-22(21)10-12-25(18-22)15-19-5-3-2-4-6-19/h2-6,20-21,23H,7-18H2,1H3/t21-,22+/m0/s1. The molecule has 0 radical (unpaired) electrons. The molecule has 3 aliphatic rings. The minimum Gasteiger partial charge on any atom is -0.381 e. The summed E-state index contributed by atoms with van der Waals surface area (Å²) in [4.78, 5) is 5.10. The average molecular weight is 422 g/mol. The molecule has 3 fully saturated rings. The second-order valence-corrected chi connectivity index (χ2v) is 11.1. The van der Waals surface area contributed by atoms with E-state index in [1.165, 1.54) is 11.8 Å². The van der Waals surface area contributed by atoms with E-state index in [4.69, 9.17) is 4.74 Å². The van der Waals surface area contributed by atoms with E-state index < -0.39 is 10.0 Å². The van der Waals surface area contributed by atoms with Gasteiger partial charge in [-0.2, -0.15) is 0 Å². The van der Waals surface area contributed by atoms with Crippen molar-refractivity contribution >= 4 is 10.0 Å². The zero-order chi connectivity index (χ0) is 20.3. The molecule has 162 valence electrons. The van der Waals surface area contributed by atoms with Crippen LogP contribution in [0.5, 0.6) is 0 Å². The number of nitrogens with one attached hydrogen (secondary N) is 1. The SMILES string of the molecule is CS(=O)(=O)N[C@H]1CCN(CC2CCOCC2)C[C@@]12CCN(Cc1ccccc1)C2. The van der Waals surface area contributed by atoms with Gasteiger partial charge in [0.25, 0.3) is 0 Å². The molecular weight excluding hydrogens is 386 g/mol. The monoisotopic (exact) mass is 421 g/mol. The molecule has 3 heterocycles. The maximum absolute atomic E-state index is 12.1. The first kappa shape index (κ1) is 21.2. The molecule has 0 unspecified atom stereocenters. The Balaban J connectivity index is 1.45. The van der Waals surface area contributed by atoms with Gasteiger partial charge in [0, 0.05) is 50.8 Å². The van der Waals surface area contributed by atoms with Crippen LogP contribution in [-0.4, -0.2) is 76.5 Å². The Kier molecular flexibility index (Phi) is 6.61. The molecule has 0 amide bonds. The van der Waals surface area contributed by atoms with Gasteiger partial charge in [-0.25, -0.2) is 13.1 Å². The van der Waals surface area contributed by atoms with Crippen LogP contribution in [0.2, 0.25) is 0 Å². The molecule has 2 atom stereocenters. The van der Waals surface area contributed by atoms with Crippen LogP contribution in [0.4, 0.5) is 0 Å². The third-order valence-corrected chi connectivity index (χ3v) is 7.65. The Labute approximate surface area is 175 Å². The van der Waals surface area contributed by atoms with Crippen LogP contribution in [-0.2, 0) is 21.3 Å². The zero-order valence-electron chi connectivity index (χ0n) is 17.6. The fourth-order valence-corrected chi connectivity index (χ4v) is 6.40. The van der Waals surface area contributed by atoms with Crippen molar-refractivity contribution in [3.63, 3.8) is 0 Å². The van der Waals surface area contributed by atoms with Crippen LogP contribution in [0.15, 0.2) is 30.3 Å². The summed E-state index contributed by atoms with van der Waals surface area (Å²) >= 11 is 0. The Hall–Kier alpha value is -0.990. The molecule has 1 aromatic carbocycles. The second kappa shape index (κ2) is 9.02. The molecule has 29 heavy (non-hydrogen) atoms. The maximum atomic E-state index is 12.1. The van der Waals surface area contributed by atoms with Crippen LogP contribution in [0.1, 0.15) is 31.2 Å². The summed E-state index contributed by atoms with van der Waals surface area (Å²) in [6, 6.07) is 10.6. The summed E-state index contributed by atoms with van der Waals surface area (Å²) in [6.45, 7) is 7.78. The summed E-state index contributed by atoms with van der Waals surface area (Å²) in [7, 11) is -3.21. The predicted octanol–water partition coefficient (Wildman–Crippen LogP) is 1.93. The Morgan fingerprint density at radius 1 is 1.07 bits per heavy atom. The molecule has 3 saturated heterocycles. The lowest BCUT2D eigenvalue weighted by Crippen LogP contribution is -2.59. The van der Waals surface area contributed by atoms with Crippen molar-refractivity contribution < 1.29 is 13.2 Å². The van der Waals surface area contributed by atoms with Gasteiger partial charge in [-0.3, -0.25) is 4.90 Å². The molecule has 1 N–H and O–H groups in total. The van der Waals surface area contributed by atoms with E-state index >= 15 is 0 Å². The molecule has 0 aromatic heterocycles. The molecule has 4 rings (SSSR count). The molecule has 0 saturated carbocycles. The fraction of sp³-hybridized carbons (Fsp3) is 0.727. The summed E-state index contributed by atoms with van der Waals surface area (Å²) in [6.07, 6.45) is 5.54. The topological polar surface area (TPSA) is 61.9 Å². The van der Waals surface area contributed by atoms with Crippen LogP contribution in [0, 0.1) is 11.3 Å². The largest absolute Gasteiger partial charge is 0.381 e. The molecule has 0 aliphatic carbocycles. The third kappa shape index (κ3) is 5.58. The van der Waals surface area contributed by atoms with Gasteiger partial charge >= 0.3 is 0 Å². The third-order valence-electron chi connectivity index (χ3n) is 6.94. The van der Waals surface area contributed by atoms with Crippen molar-refractivity contribution in [2.45, 2.75) is 38.3 Å². The first-order chi connectivity index (χ1) is 13.9. The van der Waals surface area contributed by atoms with Gasteiger partial charge in [0.05, 0.1) is 6.26 Å². The van der Waals surface area contributed by atoms with Crippen LogP contribution in [0.25, 0.3) is 0 Å². The Morgan fingerprint density at radius 3 is 2.52 bits per heavy atom. The highest BCUT2D eigenvalue weighted by Gasteiger charge is 2.48. The number of hydrogen-bond acceptors (Lipinski definition) is 5. The molecule has 6 nitrogen and oxygen atoms in total. The molecule has 3 aliphatic heterocycles. The zero-order valence-corrected chi connectivity index (χ0v) is 18.4.